The molecule has 0 unspecified atom stereocenters. The highest BCUT2D eigenvalue weighted by Gasteiger charge is 2.11. The number of hydrogen-bond donors (Lipinski definition) is 1. The van der Waals surface area contributed by atoms with Gasteiger partial charge in [0.2, 0.25) is 0 Å². The van der Waals surface area contributed by atoms with E-state index in [0.717, 1.165) is 17.0 Å². The third kappa shape index (κ3) is 2.14. The Labute approximate surface area is 115 Å². The number of rotatable bonds is 3. The van der Waals surface area contributed by atoms with Crippen molar-refractivity contribution in [1.82, 2.24) is 14.5 Å². The van der Waals surface area contributed by atoms with Crippen LogP contribution in [0.15, 0.2) is 42.6 Å². The Morgan fingerprint density at radius 2 is 2.15 bits per heavy atom. The molecule has 3 rings (SSSR count). The molecule has 20 heavy (non-hydrogen) atoms. The van der Waals surface area contributed by atoms with E-state index in [0.29, 0.717) is 12.1 Å². The molecule has 2 aromatic heterocycles. The van der Waals surface area contributed by atoms with Gasteiger partial charge in [-0.25, -0.2) is 9.78 Å². The monoisotopic (exact) mass is 267 g/mol. The van der Waals surface area contributed by atoms with Gasteiger partial charge in [0, 0.05) is 6.20 Å². The number of carboxylic acid groups (broad SMARTS) is 1. The summed E-state index contributed by atoms with van der Waals surface area (Å²) in [5.74, 6) is -0.1000. The Hall–Kier alpha value is -2.69. The molecule has 2 heterocycles. The van der Waals surface area contributed by atoms with Crippen LogP contribution in [-0.4, -0.2) is 25.6 Å². The largest absolute Gasteiger partial charge is 0.478 e. The van der Waals surface area contributed by atoms with Gasteiger partial charge in [0.1, 0.15) is 5.82 Å². The number of fused-ring (bicyclic) bond motifs is 1. The number of nitrogens with zero attached hydrogens (tertiary/aromatic N) is 3. The number of aromatic carboxylic acids is 1. The minimum Gasteiger partial charge on any atom is -0.478 e. The first-order valence-corrected chi connectivity index (χ1v) is 6.25. The average molecular weight is 267 g/mol. The van der Waals surface area contributed by atoms with Crippen LogP contribution in [0.25, 0.3) is 11.0 Å². The topological polar surface area (TPSA) is 68.0 Å². The summed E-state index contributed by atoms with van der Waals surface area (Å²) in [6, 6.07) is 10.8. The number of benzene rings is 1. The molecule has 5 heteroatoms. The van der Waals surface area contributed by atoms with Gasteiger partial charge >= 0.3 is 5.97 Å². The lowest BCUT2D eigenvalue weighted by Gasteiger charge is -2.06. The van der Waals surface area contributed by atoms with E-state index in [1.807, 2.05) is 29.7 Å². The Kier molecular flexibility index (Phi) is 2.95. The summed E-state index contributed by atoms with van der Waals surface area (Å²) in [5, 5.41) is 9.01. The predicted molar refractivity (Wildman–Crippen MR) is 74.8 cm³/mol. The fourth-order valence-corrected chi connectivity index (χ4v) is 2.24. The van der Waals surface area contributed by atoms with Gasteiger partial charge in [-0.3, -0.25) is 4.98 Å². The lowest BCUT2D eigenvalue weighted by molar-refractivity contribution is 0.0697. The SMILES string of the molecule is Cc1nc2cc(C(=O)O)ccc2n1Cc1ccccn1. The molecular weight excluding hydrogens is 254 g/mol. The molecule has 3 aromatic rings. The molecule has 0 amide bonds. The Bertz CT molecular complexity index is 778. The summed E-state index contributed by atoms with van der Waals surface area (Å²) in [7, 11) is 0. The molecular formula is C15H13N3O2. The highest BCUT2D eigenvalue weighted by molar-refractivity contribution is 5.92. The number of carbonyl (C=O) groups is 1. The second-order valence-electron chi connectivity index (χ2n) is 4.57. The van der Waals surface area contributed by atoms with Gasteiger partial charge in [-0.1, -0.05) is 6.07 Å². The molecule has 5 nitrogen and oxygen atoms in total. The molecule has 0 bridgehead atoms. The maximum atomic E-state index is 11.0. The van der Waals surface area contributed by atoms with Crippen LogP contribution < -0.4 is 0 Å². The van der Waals surface area contributed by atoms with Gasteiger partial charge in [-0.15, -0.1) is 0 Å². The van der Waals surface area contributed by atoms with Crippen LogP contribution in [0.2, 0.25) is 0 Å². The minimum atomic E-state index is -0.941. The van der Waals surface area contributed by atoms with E-state index in [9.17, 15) is 4.79 Å². The van der Waals surface area contributed by atoms with E-state index in [1.165, 1.54) is 0 Å². The molecule has 1 aromatic carbocycles. The molecule has 0 fully saturated rings. The second-order valence-corrected chi connectivity index (χ2v) is 4.57. The molecule has 0 saturated heterocycles. The third-order valence-corrected chi connectivity index (χ3v) is 3.23. The van der Waals surface area contributed by atoms with Gasteiger partial charge in [0.15, 0.2) is 0 Å². The quantitative estimate of drug-likeness (QED) is 0.791. The lowest BCUT2D eigenvalue weighted by atomic mass is 10.2. The van der Waals surface area contributed by atoms with E-state index in [2.05, 4.69) is 9.97 Å². The first-order valence-electron chi connectivity index (χ1n) is 6.25. The first kappa shape index (κ1) is 12.3. The highest BCUT2D eigenvalue weighted by atomic mass is 16.4. The number of hydrogen-bond acceptors (Lipinski definition) is 3. The van der Waals surface area contributed by atoms with Crippen LogP contribution in [-0.2, 0) is 6.54 Å². The zero-order valence-corrected chi connectivity index (χ0v) is 10.9. The Morgan fingerprint density at radius 1 is 1.30 bits per heavy atom. The third-order valence-electron chi connectivity index (χ3n) is 3.23. The molecule has 100 valence electrons. The smallest absolute Gasteiger partial charge is 0.335 e. The normalized spacial score (nSPS) is 10.8. The fourth-order valence-electron chi connectivity index (χ4n) is 2.24. The van der Waals surface area contributed by atoms with Crippen LogP contribution in [0.1, 0.15) is 21.9 Å². The van der Waals surface area contributed by atoms with Crippen LogP contribution >= 0.6 is 0 Å². The second kappa shape index (κ2) is 4.77. The summed E-state index contributed by atoms with van der Waals surface area (Å²) in [4.78, 5) is 19.7. The van der Waals surface area contributed by atoms with Crippen molar-refractivity contribution >= 4 is 17.0 Å². The standard InChI is InChI=1S/C15H13N3O2/c1-10-17-13-8-11(15(19)20)5-6-14(13)18(10)9-12-4-2-3-7-16-12/h2-8H,9H2,1H3,(H,19,20). The zero-order chi connectivity index (χ0) is 14.1. The number of pyridine rings is 1. The van der Waals surface area contributed by atoms with Gasteiger partial charge < -0.3 is 9.67 Å². The van der Waals surface area contributed by atoms with Gasteiger partial charge in [-0.2, -0.15) is 0 Å². The van der Waals surface area contributed by atoms with E-state index in [-0.39, 0.29) is 5.56 Å². The molecule has 0 saturated carbocycles. The number of aryl methyl sites for hydroxylation is 1. The highest BCUT2D eigenvalue weighted by Crippen LogP contribution is 2.19. The molecule has 1 N–H and O–H groups in total. The van der Waals surface area contributed by atoms with Gasteiger partial charge in [-0.05, 0) is 37.3 Å². The van der Waals surface area contributed by atoms with E-state index in [1.54, 1.807) is 24.4 Å². The van der Waals surface area contributed by atoms with E-state index >= 15 is 0 Å². The Morgan fingerprint density at radius 3 is 2.85 bits per heavy atom. The summed E-state index contributed by atoms with van der Waals surface area (Å²) < 4.78 is 2.03. The summed E-state index contributed by atoms with van der Waals surface area (Å²) in [5.41, 5.74) is 2.80. The van der Waals surface area contributed by atoms with Crippen molar-refractivity contribution < 1.29 is 9.90 Å². The molecule has 0 aliphatic carbocycles. The molecule has 0 aliphatic rings. The molecule has 0 atom stereocenters. The first-order chi connectivity index (χ1) is 9.65. The van der Waals surface area contributed by atoms with Crippen molar-refractivity contribution in [3.63, 3.8) is 0 Å². The van der Waals surface area contributed by atoms with Gasteiger partial charge in [0.05, 0.1) is 28.8 Å². The maximum Gasteiger partial charge on any atom is 0.335 e. The van der Waals surface area contributed by atoms with E-state index in [4.69, 9.17) is 5.11 Å². The number of carboxylic acids is 1. The summed E-state index contributed by atoms with van der Waals surface area (Å²) in [6.07, 6.45) is 1.76. The van der Waals surface area contributed by atoms with Crippen LogP contribution in [0, 0.1) is 6.92 Å². The predicted octanol–water partition coefficient (Wildman–Crippen LogP) is 2.49. The van der Waals surface area contributed by atoms with Crippen LogP contribution in [0.3, 0.4) is 0 Å². The number of aromatic nitrogens is 3. The maximum absolute atomic E-state index is 11.0. The van der Waals surface area contributed by atoms with Crippen molar-refractivity contribution in [2.24, 2.45) is 0 Å². The molecule has 0 radical (unpaired) electrons. The van der Waals surface area contributed by atoms with Crippen LogP contribution in [0.4, 0.5) is 0 Å². The summed E-state index contributed by atoms with van der Waals surface area (Å²) in [6.45, 7) is 2.53. The number of imidazole rings is 1. The van der Waals surface area contributed by atoms with Crippen molar-refractivity contribution in [2.75, 3.05) is 0 Å². The molecule has 0 spiro atoms. The fraction of sp³-hybridized carbons (Fsp3) is 0.133. The van der Waals surface area contributed by atoms with Crippen molar-refractivity contribution in [3.8, 4) is 0 Å². The van der Waals surface area contributed by atoms with Crippen molar-refractivity contribution in [3.05, 3.63) is 59.7 Å². The molecule has 0 aliphatic heterocycles. The summed E-state index contributed by atoms with van der Waals surface area (Å²) >= 11 is 0. The van der Waals surface area contributed by atoms with Crippen molar-refractivity contribution in [1.29, 1.82) is 0 Å². The van der Waals surface area contributed by atoms with Gasteiger partial charge in [0.25, 0.3) is 0 Å². The zero-order valence-electron chi connectivity index (χ0n) is 10.9. The van der Waals surface area contributed by atoms with Crippen LogP contribution in [0.5, 0.6) is 0 Å². The van der Waals surface area contributed by atoms with Crippen molar-refractivity contribution in [2.45, 2.75) is 13.5 Å². The average Bonchev–Trinajstić information content (AvgIpc) is 2.75. The lowest BCUT2D eigenvalue weighted by Crippen LogP contribution is -2.03. The minimum absolute atomic E-state index is 0.250. The van der Waals surface area contributed by atoms with E-state index < -0.39 is 5.97 Å². The Balaban J connectivity index is 2.07.